The Balaban J connectivity index is 1.98. The van der Waals surface area contributed by atoms with E-state index >= 15 is 0 Å². The second-order valence-corrected chi connectivity index (χ2v) is 6.49. The number of ether oxygens (including phenoxy) is 1. The van der Waals surface area contributed by atoms with Crippen molar-refractivity contribution in [3.63, 3.8) is 0 Å². The Bertz CT molecular complexity index is 685. The van der Waals surface area contributed by atoms with Gasteiger partial charge in [0, 0.05) is 45.0 Å². The van der Waals surface area contributed by atoms with Gasteiger partial charge in [-0.1, -0.05) is 19.1 Å². The summed E-state index contributed by atoms with van der Waals surface area (Å²) in [4.78, 5) is 13.5. The first-order chi connectivity index (χ1) is 12.5. The number of aryl methyl sites for hydroxylation is 1. The quantitative estimate of drug-likeness (QED) is 0.661. The summed E-state index contributed by atoms with van der Waals surface area (Å²) in [5.74, 6) is -0.565. The van der Waals surface area contributed by atoms with Crippen LogP contribution in [0.3, 0.4) is 0 Å². The Morgan fingerprint density at radius 2 is 2.00 bits per heavy atom. The molecule has 6 heteroatoms. The molecule has 1 N–H and O–H groups in total. The first kappa shape index (κ1) is 20.1. The number of halogens is 1. The summed E-state index contributed by atoms with van der Waals surface area (Å²) in [7, 11) is 1.97. The van der Waals surface area contributed by atoms with Crippen LogP contribution in [0.4, 0.5) is 4.39 Å². The number of hydrogen-bond donors (Lipinski definition) is 1. The van der Waals surface area contributed by atoms with Crippen LogP contribution in [0, 0.1) is 5.82 Å². The van der Waals surface area contributed by atoms with Crippen LogP contribution in [0.5, 0.6) is 0 Å². The van der Waals surface area contributed by atoms with Crippen molar-refractivity contribution in [2.75, 3.05) is 13.2 Å². The topological polar surface area (TPSA) is 54.7 Å². The lowest BCUT2D eigenvalue weighted by atomic mass is 10.2. The predicted octanol–water partition coefficient (Wildman–Crippen LogP) is 2.87. The van der Waals surface area contributed by atoms with Crippen molar-refractivity contribution >= 4 is 5.97 Å². The second-order valence-electron chi connectivity index (χ2n) is 6.49. The number of aromatic nitrogens is 1. The monoisotopic (exact) mass is 362 g/mol. The second kappa shape index (κ2) is 10.1. The number of carbonyl (C=O) groups excluding carboxylic acids is 1. The molecule has 0 fully saturated rings. The Morgan fingerprint density at radius 3 is 2.62 bits per heavy atom. The van der Waals surface area contributed by atoms with E-state index in [-0.39, 0.29) is 18.4 Å². The van der Waals surface area contributed by atoms with Gasteiger partial charge < -0.3 is 14.4 Å². The lowest BCUT2D eigenvalue weighted by Gasteiger charge is -2.25. The van der Waals surface area contributed by atoms with Crippen LogP contribution < -0.4 is 0 Å². The summed E-state index contributed by atoms with van der Waals surface area (Å²) in [6.07, 6.45) is 2.26. The van der Waals surface area contributed by atoms with Crippen molar-refractivity contribution in [1.82, 2.24) is 9.47 Å². The van der Waals surface area contributed by atoms with Crippen LogP contribution in [-0.4, -0.2) is 39.8 Å². The summed E-state index contributed by atoms with van der Waals surface area (Å²) in [5.41, 5.74) is 2.05. The van der Waals surface area contributed by atoms with Crippen LogP contribution in [0.2, 0.25) is 0 Å². The summed E-state index contributed by atoms with van der Waals surface area (Å²) in [5, 5.41) is 10.3. The number of aliphatic hydroxyl groups is 1. The molecule has 1 aromatic carbocycles. The van der Waals surface area contributed by atoms with Crippen LogP contribution >= 0.6 is 0 Å². The van der Waals surface area contributed by atoms with E-state index in [1.54, 1.807) is 12.1 Å². The minimum atomic E-state index is -0.781. The maximum Gasteiger partial charge on any atom is 0.305 e. The van der Waals surface area contributed by atoms with Gasteiger partial charge in [-0.15, -0.1) is 0 Å². The molecule has 2 aromatic rings. The van der Waals surface area contributed by atoms with E-state index in [2.05, 4.69) is 4.90 Å². The first-order valence-corrected chi connectivity index (χ1v) is 8.88. The molecule has 0 aliphatic carbocycles. The number of nitrogens with zero attached hydrogens (tertiary/aromatic N) is 2. The maximum absolute atomic E-state index is 13.1. The fourth-order valence-corrected chi connectivity index (χ4v) is 2.74. The van der Waals surface area contributed by atoms with Crippen molar-refractivity contribution in [1.29, 1.82) is 0 Å². The van der Waals surface area contributed by atoms with E-state index in [9.17, 15) is 14.3 Å². The van der Waals surface area contributed by atoms with Gasteiger partial charge in [0.25, 0.3) is 0 Å². The third kappa shape index (κ3) is 6.61. The lowest BCUT2D eigenvalue weighted by molar-refractivity contribution is -0.147. The summed E-state index contributed by atoms with van der Waals surface area (Å²) < 4.78 is 20.2. The van der Waals surface area contributed by atoms with Crippen molar-refractivity contribution < 1.29 is 19.0 Å². The third-order valence-electron chi connectivity index (χ3n) is 4.12. The van der Waals surface area contributed by atoms with Gasteiger partial charge in [0.2, 0.25) is 0 Å². The maximum atomic E-state index is 13.1. The highest BCUT2D eigenvalue weighted by molar-refractivity contribution is 5.69. The summed E-state index contributed by atoms with van der Waals surface area (Å²) >= 11 is 0. The van der Waals surface area contributed by atoms with Gasteiger partial charge in [-0.2, -0.15) is 0 Å². The van der Waals surface area contributed by atoms with Crippen LogP contribution in [0.1, 0.15) is 31.0 Å². The Labute approximate surface area is 154 Å². The number of carbonyl (C=O) groups is 1. The van der Waals surface area contributed by atoms with Crippen LogP contribution in [-0.2, 0) is 29.7 Å². The molecule has 0 spiro atoms. The zero-order valence-corrected chi connectivity index (χ0v) is 15.4. The lowest BCUT2D eigenvalue weighted by Crippen LogP contribution is -2.35. The van der Waals surface area contributed by atoms with Crippen LogP contribution in [0.15, 0.2) is 42.6 Å². The Hall–Kier alpha value is -2.18. The van der Waals surface area contributed by atoms with E-state index in [1.165, 1.54) is 12.1 Å². The highest BCUT2D eigenvalue weighted by Crippen LogP contribution is 2.12. The van der Waals surface area contributed by atoms with Gasteiger partial charge in [-0.3, -0.25) is 9.69 Å². The van der Waals surface area contributed by atoms with Gasteiger partial charge in [0.05, 0.1) is 0 Å². The number of benzene rings is 1. The van der Waals surface area contributed by atoms with Crippen molar-refractivity contribution in [2.24, 2.45) is 7.05 Å². The first-order valence-electron chi connectivity index (χ1n) is 8.88. The summed E-state index contributed by atoms with van der Waals surface area (Å²) in [6.45, 7) is 3.42. The molecule has 1 aromatic heterocycles. The zero-order valence-electron chi connectivity index (χ0n) is 15.4. The molecular weight excluding hydrogens is 335 g/mol. The van der Waals surface area contributed by atoms with Crippen molar-refractivity contribution in [3.8, 4) is 0 Å². The minimum Gasteiger partial charge on any atom is -0.463 e. The predicted molar refractivity (Wildman–Crippen MR) is 97.8 cm³/mol. The molecule has 142 valence electrons. The molecule has 1 unspecified atom stereocenters. The molecule has 1 heterocycles. The molecule has 26 heavy (non-hydrogen) atoms. The van der Waals surface area contributed by atoms with Gasteiger partial charge in [-0.05, 0) is 36.2 Å². The van der Waals surface area contributed by atoms with Crippen LogP contribution in [0.25, 0.3) is 0 Å². The fourth-order valence-electron chi connectivity index (χ4n) is 2.74. The third-order valence-corrected chi connectivity index (χ3v) is 4.12. The smallest absolute Gasteiger partial charge is 0.305 e. The molecule has 0 saturated heterocycles. The highest BCUT2D eigenvalue weighted by atomic mass is 19.1. The average molecular weight is 362 g/mol. The largest absolute Gasteiger partial charge is 0.463 e. The van der Waals surface area contributed by atoms with E-state index in [0.29, 0.717) is 26.1 Å². The van der Waals surface area contributed by atoms with E-state index in [4.69, 9.17) is 4.74 Å². The van der Waals surface area contributed by atoms with Crippen molar-refractivity contribution in [3.05, 3.63) is 59.7 Å². The van der Waals surface area contributed by atoms with E-state index < -0.39 is 6.10 Å². The molecule has 0 saturated carbocycles. The Kier molecular flexibility index (Phi) is 7.81. The van der Waals surface area contributed by atoms with E-state index in [1.807, 2.05) is 36.9 Å². The highest BCUT2D eigenvalue weighted by Gasteiger charge is 2.16. The normalized spacial score (nSPS) is 12.3. The molecule has 0 aliphatic rings. The number of hydrogen-bond acceptors (Lipinski definition) is 4. The van der Waals surface area contributed by atoms with Gasteiger partial charge in [0.1, 0.15) is 18.5 Å². The van der Waals surface area contributed by atoms with E-state index in [0.717, 1.165) is 17.7 Å². The molecule has 2 rings (SSSR count). The Morgan fingerprint density at radius 1 is 1.27 bits per heavy atom. The number of esters is 1. The summed E-state index contributed by atoms with van der Waals surface area (Å²) in [6, 6.07) is 10.3. The standard InChI is InChI=1S/C20H27FN2O3/c1-3-5-20(25)26-15-19(24)14-23(13-18-6-4-11-22(18)2)12-16-7-9-17(21)10-8-16/h4,6-11,19,24H,3,5,12-15H2,1-2H3. The molecular formula is C20H27FN2O3. The zero-order chi connectivity index (χ0) is 18.9. The van der Waals surface area contributed by atoms with Gasteiger partial charge in [-0.25, -0.2) is 4.39 Å². The minimum absolute atomic E-state index is 0.0219. The number of aliphatic hydroxyl groups excluding tert-OH is 1. The SMILES string of the molecule is CCCC(=O)OCC(O)CN(Cc1ccc(F)cc1)Cc1cccn1C. The van der Waals surface area contributed by atoms with Gasteiger partial charge >= 0.3 is 5.97 Å². The van der Waals surface area contributed by atoms with Crippen molar-refractivity contribution in [2.45, 2.75) is 39.0 Å². The molecule has 0 radical (unpaired) electrons. The molecule has 5 nitrogen and oxygen atoms in total. The number of rotatable bonds is 10. The fraction of sp³-hybridized carbons (Fsp3) is 0.450. The molecule has 0 bridgehead atoms. The molecule has 1 atom stereocenters. The average Bonchev–Trinajstić information content (AvgIpc) is 3.00. The van der Waals surface area contributed by atoms with Gasteiger partial charge in [0.15, 0.2) is 0 Å². The molecule has 0 aliphatic heterocycles. The molecule has 0 amide bonds.